The first-order valence-corrected chi connectivity index (χ1v) is 8.45. The lowest BCUT2D eigenvalue weighted by atomic mass is 10.1. The minimum Gasteiger partial charge on any atom is -0.497 e. The molecule has 0 fully saturated rings. The van der Waals surface area contributed by atoms with E-state index in [1.165, 1.54) is 11.1 Å². The molecule has 0 amide bonds. The molecule has 2 aromatic carbocycles. The fraction of sp³-hybridized carbons (Fsp3) is 0.250. The van der Waals surface area contributed by atoms with Crippen LogP contribution in [0.25, 0.3) is 5.69 Å². The topological polar surface area (TPSA) is 65.1 Å². The fourth-order valence-corrected chi connectivity index (χ4v) is 2.69. The summed E-state index contributed by atoms with van der Waals surface area (Å²) in [4.78, 5) is 0. The molecule has 0 radical (unpaired) electrons. The molecule has 0 aliphatic rings. The number of rotatable bonds is 8. The second-order valence-corrected chi connectivity index (χ2v) is 5.95. The third-order valence-electron chi connectivity index (χ3n) is 4.07. The zero-order valence-corrected chi connectivity index (χ0v) is 14.5. The van der Waals surface area contributed by atoms with Crippen LogP contribution >= 0.6 is 0 Å². The Bertz CT molecular complexity index is 795. The van der Waals surface area contributed by atoms with E-state index in [9.17, 15) is 0 Å². The summed E-state index contributed by atoms with van der Waals surface area (Å²) in [5.74, 6) is 0.825. The van der Waals surface area contributed by atoms with Gasteiger partial charge in [-0.3, -0.25) is 0 Å². The molecule has 1 aromatic heterocycles. The van der Waals surface area contributed by atoms with Crippen molar-refractivity contribution in [1.29, 1.82) is 0 Å². The number of hydrogen-bond donors (Lipinski definition) is 2. The fourth-order valence-electron chi connectivity index (χ4n) is 2.69. The predicted molar refractivity (Wildman–Crippen MR) is 99.9 cm³/mol. The van der Waals surface area contributed by atoms with E-state index in [1.807, 2.05) is 41.3 Å². The summed E-state index contributed by atoms with van der Waals surface area (Å²) in [5.41, 5.74) is 10.3. The molecular weight excluding hydrogens is 312 g/mol. The summed E-state index contributed by atoms with van der Waals surface area (Å²) < 4.78 is 7.12. The van der Waals surface area contributed by atoms with Crippen LogP contribution in [-0.4, -0.2) is 23.4 Å². The van der Waals surface area contributed by atoms with Crippen LogP contribution in [0.15, 0.2) is 60.9 Å². The number of nitrogens with two attached hydrogens (primary N) is 1. The van der Waals surface area contributed by atoms with Crippen LogP contribution in [0.3, 0.4) is 0 Å². The van der Waals surface area contributed by atoms with Gasteiger partial charge in [0.05, 0.1) is 19.0 Å². The number of ether oxygens (including phenoxy) is 1. The smallest absolute Gasteiger partial charge is 0.121 e. The molecule has 0 aliphatic carbocycles. The average molecular weight is 336 g/mol. The summed E-state index contributed by atoms with van der Waals surface area (Å²) in [7, 11) is 1.67. The molecule has 3 aromatic rings. The normalized spacial score (nSPS) is 10.8. The van der Waals surface area contributed by atoms with Crippen LogP contribution in [0.4, 0.5) is 0 Å². The highest BCUT2D eigenvalue weighted by molar-refractivity contribution is 5.38. The molecule has 3 N–H and O–H groups in total. The van der Waals surface area contributed by atoms with Gasteiger partial charge in [0.25, 0.3) is 0 Å². The third kappa shape index (κ3) is 4.68. The lowest BCUT2D eigenvalue weighted by Gasteiger charge is -2.05. The Morgan fingerprint density at radius 3 is 2.56 bits per heavy atom. The van der Waals surface area contributed by atoms with E-state index < -0.39 is 0 Å². The number of benzene rings is 2. The monoisotopic (exact) mass is 336 g/mol. The van der Waals surface area contributed by atoms with Crippen LogP contribution in [0.1, 0.15) is 16.7 Å². The molecule has 1 heterocycles. The van der Waals surface area contributed by atoms with Crippen molar-refractivity contribution >= 4 is 0 Å². The van der Waals surface area contributed by atoms with E-state index in [2.05, 4.69) is 34.7 Å². The quantitative estimate of drug-likeness (QED) is 0.664. The van der Waals surface area contributed by atoms with Crippen molar-refractivity contribution < 1.29 is 4.74 Å². The molecule has 0 saturated carbocycles. The van der Waals surface area contributed by atoms with E-state index in [1.54, 1.807) is 7.11 Å². The van der Waals surface area contributed by atoms with Crippen molar-refractivity contribution in [3.63, 3.8) is 0 Å². The van der Waals surface area contributed by atoms with Crippen molar-refractivity contribution in [2.24, 2.45) is 5.73 Å². The molecule has 0 saturated heterocycles. The Labute approximate surface area is 148 Å². The number of nitrogens with one attached hydrogen (secondary N) is 1. The maximum Gasteiger partial charge on any atom is 0.121 e. The zero-order chi connectivity index (χ0) is 17.5. The van der Waals surface area contributed by atoms with Crippen LogP contribution in [0.2, 0.25) is 0 Å². The van der Waals surface area contributed by atoms with Crippen LogP contribution in [0.5, 0.6) is 5.75 Å². The first kappa shape index (κ1) is 17.2. The second-order valence-electron chi connectivity index (χ2n) is 5.95. The molecule has 0 unspecified atom stereocenters. The lowest BCUT2D eigenvalue weighted by molar-refractivity contribution is 0.414. The highest BCUT2D eigenvalue weighted by atomic mass is 16.5. The highest BCUT2D eigenvalue weighted by Crippen LogP contribution is 2.16. The summed E-state index contributed by atoms with van der Waals surface area (Å²) in [6.45, 7) is 2.29. The molecular formula is C20H24N4O. The van der Waals surface area contributed by atoms with E-state index in [0.29, 0.717) is 6.54 Å². The standard InChI is InChI=1S/C20H24N4O/c1-25-20-4-2-3-19(11-20)24-15-18(14-23-24)13-22-12-17-7-5-16(6-8-17)9-10-21/h2-8,11,14-15,22H,9-10,12-13,21H2,1H3. The van der Waals surface area contributed by atoms with Gasteiger partial charge in [-0.05, 0) is 36.2 Å². The Morgan fingerprint density at radius 1 is 1.04 bits per heavy atom. The Morgan fingerprint density at radius 2 is 1.80 bits per heavy atom. The van der Waals surface area contributed by atoms with E-state index in [4.69, 9.17) is 10.5 Å². The maximum absolute atomic E-state index is 5.58. The SMILES string of the molecule is COc1cccc(-n2cc(CNCc3ccc(CCN)cc3)cn2)c1. The summed E-state index contributed by atoms with van der Waals surface area (Å²) in [5, 5.41) is 7.88. The van der Waals surface area contributed by atoms with Gasteiger partial charge in [0.2, 0.25) is 0 Å². The highest BCUT2D eigenvalue weighted by Gasteiger charge is 2.03. The molecule has 0 atom stereocenters. The molecule has 0 bridgehead atoms. The van der Waals surface area contributed by atoms with Gasteiger partial charge in [-0.2, -0.15) is 5.10 Å². The molecule has 5 nitrogen and oxygen atoms in total. The van der Waals surface area contributed by atoms with Gasteiger partial charge in [0.1, 0.15) is 5.75 Å². The van der Waals surface area contributed by atoms with Crippen LogP contribution < -0.4 is 15.8 Å². The van der Waals surface area contributed by atoms with Gasteiger partial charge in [-0.1, -0.05) is 30.3 Å². The second kappa shape index (κ2) is 8.46. The number of methoxy groups -OCH3 is 1. The average Bonchev–Trinajstić information content (AvgIpc) is 3.12. The Hall–Kier alpha value is -2.63. The minimum atomic E-state index is 0.689. The van der Waals surface area contributed by atoms with Crippen molar-refractivity contribution in [2.75, 3.05) is 13.7 Å². The maximum atomic E-state index is 5.58. The van der Waals surface area contributed by atoms with Crippen LogP contribution in [0, 0.1) is 0 Å². The first-order chi connectivity index (χ1) is 12.3. The molecule has 5 heteroatoms. The van der Waals surface area contributed by atoms with Gasteiger partial charge in [-0.15, -0.1) is 0 Å². The first-order valence-electron chi connectivity index (χ1n) is 8.45. The molecule has 3 rings (SSSR count). The molecule has 25 heavy (non-hydrogen) atoms. The van der Waals surface area contributed by atoms with Gasteiger partial charge >= 0.3 is 0 Å². The van der Waals surface area contributed by atoms with E-state index in [-0.39, 0.29) is 0 Å². The largest absolute Gasteiger partial charge is 0.497 e. The summed E-state index contributed by atoms with van der Waals surface area (Å²) >= 11 is 0. The summed E-state index contributed by atoms with van der Waals surface area (Å²) in [6.07, 6.45) is 4.85. The van der Waals surface area contributed by atoms with E-state index >= 15 is 0 Å². The zero-order valence-electron chi connectivity index (χ0n) is 14.5. The van der Waals surface area contributed by atoms with E-state index in [0.717, 1.165) is 36.5 Å². The van der Waals surface area contributed by atoms with Gasteiger partial charge in [0, 0.05) is 30.9 Å². The predicted octanol–water partition coefficient (Wildman–Crippen LogP) is 2.67. The summed E-state index contributed by atoms with van der Waals surface area (Å²) in [6, 6.07) is 16.4. The number of hydrogen-bond acceptors (Lipinski definition) is 4. The number of aromatic nitrogens is 2. The van der Waals surface area contributed by atoms with Crippen LogP contribution in [-0.2, 0) is 19.5 Å². The van der Waals surface area contributed by atoms with Crippen molar-refractivity contribution in [1.82, 2.24) is 15.1 Å². The Kier molecular flexibility index (Phi) is 5.82. The third-order valence-corrected chi connectivity index (χ3v) is 4.07. The minimum absolute atomic E-state index is 0.689. The van der Waals surface area contributed by atoms with Crippen molar-refractivity contribution in [3.05, 3.63) is 77.6 Å². The number of nitrogens with zero attached hydrogens (tertiary/aromatic N) is 2. The van der Waals surface area contributed by atoms with Crippen molar-refractivity contribution in [2.45, 2.75) is 19.5 Å². The molecule has 0 aliphatic heterocycles. The molecule has 130 valence electrons. The molecule has 0 spiro atoms. The lowest BCUT2D eigenvalue weighted by Crippen LogP contribution is -2.12. The Balaban J connectivity index is 1.54. The van der Waals surface area contributed by atoms with Crippen molar-refractivity contribution in [3.8, 4) is 11.4 Å². The van der Waals surface area contributed by atoms with Gasteiger partial charge in [-0.25, -0.2) is 4.68 Å². The van der Waals surface area contributed by atoms with Gasteiger partial charge < -0.3 is 15.8 Å². The van der Waals surface area contributed by atoms with Gasteiger partial charge in [0.15, 0.2) is 0 Å².